The highest BCUT2D eigenvalue weighted by Crippen LogP contribution is 2.21. The molecule has 6 heteroatoms. The number of amidine groups is 1. The fraction of sp³-hybridized carbons (Fsp3) is 0.217. The molecule has 0 radical (unpaired) electrons. The number of nitrogens with zero attached hydrogens (tertiary/aromatic N) is 3. The Balaban J connectivity index is 2.03. The van der Waals surface area contributed by atoms with Gasteiger partial charge in [0.1, 0.15) is 5.75 Å². The predicted molar refractivity (Wildman–Crippen MR) is 126 cm³/mol. The zero-order chi connectivity index (χ0) is 20.9. The quantitative estimate of drug-likeness (QED) is 0.258. The largest absolute Gasteiger partial charge is 0.496 e. The van der Waals surface area contributed by atoms with E-state index in [4.69, 9.17) is 10.5 Å². The number of hydrogen-bond donors (Lipinski definition) is 1. The molecule has 0 heterocycles. The fourth-order valence-electron chi connectivity index (χ4n) is 2.72. The van der Waals surface area contributed by atoms with E-state index in [1.165, 1.54) is 17.3 Å². The smallest absolute Gasteiger partial charge is 0.180 e. The molecule has 2 rings (SSSR count). The van der Waals surface area contributed by atoms with Crippen LogP contribution in [-0.2, 0) is 12.3 Å². The molecule has 29 heavy (non-hydrogen) atoms. The number of rotatable bonds is 11. The maximum atomic E-state index is 5.95. The Bertz CT molecular complexity index is 839. The van der Waals surface area contributed by atoms with Gasteiger partial charge in [-0.15, -0.1) is 18.3 Å². The number of hydrogen-bond acceptors (Lipinski definition) is 5. The van der Waals surface area contributed by atoms with Crippen LogP contribution in [0.4, 0.5) is 0 Å². The van der Waals surface area contributed by atoms with E-state index in [1.807, 2.05) is 48.6 Å². The SMILES string of the molecule is C=CCN(CC=C)Cc1cc(C=NN=C(N)SCc2ccccc2)ccc1OC. The van der Waals surface area contributed by atoms with Crippen molar-refractivity contribution in [2.45, 2.75) is 12.3 Å². The van der Waals surface area contributed by atoms with E-state index in [2.05, 4.69) is 40.4 Å². The third-order valence-electron chi connectivity index (χ3n) is 4.07. The van der Waals surface area contributed by atoms with Crippen molar-refractivity contribution in [2.24, 2.45) is 15.9 Å². The molecule has 2 aromatic rings. The minimum absolute atomic E-state index is 0.432. The lowest BCUT2D eigenvalue weighted by molar-refractivity contribution is 0.317. The zero-order valence-electron chi connectivity index (χ0n) is 16.8. The predicted octanol–water partition coefficient (Wildman–Crippen LogP) is 4.45. The molecule has 0 fully saturated rings. The van der Waals surface area contributed by atoms with Crippen molar-refractivity contribution in [3.05, 3.63) is 90.5 Å². The van der Waals surface area contributed by atoms with E-state index in [9.17, 15) is 0 Å². The van der Waals surface area contributed by atoms with E-state index in [0.717, 1.165) is 42.3 Å². The molecule has 0 aromatic heterocycles. The van der Waals surface area contributed by atoms with Gasteiger partial charge < -0.3 is 10.5 Å². The highest BCUT2D eigenvalue weighted by atomic mass is 32.2. The molecule has 0 aliphatic heterocycles. The van der Waals surface area contributed by atoms with Crippen molar-refractivity contribution in [3.8, 4) is 5.75 Å². The van der Waals surface area contributed by atoms with Crippen LogP contribution in [0.5, 0.6) is 5.75 Å². The van der Waals surface area contributed by atoms with E-state index >= 15 is 0 Å². The lowest BCUT2D eigenvalue weighted by atomic mass is 10.1. The van der Waals surface area contributed by atoms with E-state index < -0.39 is 0 Å². The molecule has 0 spiro atoms. The van der Waals surface area contributed by atoms with Gasteiger partial charge in [-0.2, -0.15) is 5.10 Å². The van der Waals surface area contributed by atoms with Crippen molar-refractivity contribution in [2.75, 3.05) is 20.2 Å². The van der Waals surface area contributed by atoms with Crippen LogP contribution in [0.15, 0.2) is 84.0 Å². The summed E-state index contributed by atoms with van der Waals surface area (Å²) in [5.74, 6) is 1.60. The maximum absolute atomic E-state index is 5.95. The minimum Gasteiger partial charge on any atom is -0.496 e. The van der Waals surface area contributed by atoms with Crippen molar-refractivity contribution < 1.29 is 4.74 Å². The summed E-state index contributed by atoms with van der Waals surface area (Å²) >= 11 is 1.46. The Morgan fingerprint density at radius 2 is 1.86 bits per heavy atom. The molecule has 0 unspecified atom stereocenters. The van der Waals surface area contributed by atoms with Gasteiger partial charge in [-0.05, 0) is 29.3 Å². The van der Waals surface area contributed by atoms with Crippen LogP contribution < -0.4 is 10.5 Å². The van der Waals surface area contributed by atoms with Crippen molar-refractivity contribution in [3.63, 3.8) is 0 Å². The monoisotopic (exact) mass is 408 g/mol. The van der Waals surface area contributed by atoms with Gasteiger partial charge in [0, 0.05) is 31.0 Å². The third-order valence-corrected chi connectivity index (χ3v) is 4.92. The molecular formula is C23H28N4OS. The Kier molecular flexibility index (Phi) is 9.75. The van der Waals surface area contributed by atoms with Gasteiger partial charge in [-0.1, -0.05) is 54.2 Å². The fourth-order valence-corrected chi connectivity index (χ4v) is 3.34. The van der Waals surface area contributed by atoms with Gasteiger partial charge >= 0.3 is 0 Å². The molecule has 0 aliphatic rings. The molecule has 5 nitrogen and oxygen atoms in total. The summed E-state index contributed by atoms with van der Waals surface area (Å²) < 4.78 is 5.50. The molecule has 2 N–H and O–H groups in total. The Hall–Kier alpha value is -2.83. The summed E-state index contributed by atoms with van der Waals surface area (Å²) in [6.45, 7) is 9.90. The minimum atomic E-state index is 0.432. The zero-order valence-corrected chi connectivity index (χ0v) is 17.6. The summed E-state index contributed by atoms with van der Waals surface area (Å²) in [7, 11) is 1.67. The Morgan fingerprint density at radius 3 is 2.52 bits per heavy atom. The molecular weight excluding hydrogens is 380 g/mol. The molecule has 0 saturated carbocycles. The van der Waals surface area contributed by atoms with Crippen LogP contribution in [0.2, 0.25) is 0 Å². The van der Waals surface area contributed by atoms with Crippen LogP contribution in [0.25, 0.3) is 0 Å². The van der Waals surface area contributed by atoms with Crippen molar-refractivity contribution >= 4 is 23.1 Å². The van der Waals surface area contributed by atoms with Crippen LogP contribution in [0.3, 0.4) is 0 Å². The topological polar surface area (TPSA) is 63.2 Å². The Labute approximate surface area is 177 Å². The van der Waals surface area contributed by atoms with Gasteiger partial charge in [0.2, 0.25) is 0 Å². The number of benzene rings is 2. The highest BCUT2D eigenvalue weighted by Gasteiger charge is 2.08. The third kappa shape index (κ3) is 7.97. The molecule has 2 aromatic carbocycles. The van der Waals surface area contributed by atoms with Gasteiger partial charge in [0.15, 0.2) is 5.17 Å². The van der Waals surface area contributed by atoms with Gasteiger partial charge in [0.25, 0.3) is 0 Å². The summed E-state index contributed by atoms with van der Waals surface area (Å²) in [4.78, 5) is 2.22. The molecule has 0 amide bonds. The lowest BCUT2D eigenvalue weighted by Gasteiger charge is -2.20. The van der Waals surface area contributed by atoms with Crippen molar-refractivity contribution in [1.29, 1.82) is 0 Å². The van der Waals surface area contributed by atoms with E-state index in [-0.39, 0.29) is 0 Å². The summed E-state index contributed by atoms with van der Waals surface area (Å²) in [6, 6.07) is 16.1. The normalized spacial score (nSPS) is 11.7. The number of methoxy groups -OCH3 is 1. The van der Waals surface area contributed by atoms with Gasteiger partial charge in [0.05, 0.1) is 13.3 Å². The number of thioether (sulfide) groups is 1. The summed E-state index contributed by atoms with van der Waals surface area (Å²) in [6.07, 6.45) is 5.46. The summed E-state index contributed by atoms with van der Waals surface area (Å²) in [5.41, 5.74) is 9.14. The second-order valence-electron chi connectivity index (χ2n) is 6.30. The molecule has 0 bridgehead atoms. The first kappa shape index (κ1) is 22.5. The summed E-state index contributed by atoms with van der Waals surface area (Å²) in [5, 5.41) is 8.65. The average Bonchev–Trinajstić information content (AvgIpc) is 2.73. The molecule has 0 aliphatic carbocycles. The number of ether oxygens (including phenoxy) is 1. The van der Waals surface area contributed by atoms with Crippen LogP contribution in [-0.4, -0.2) is 36.5 Å². The molecule has 152 valence electrons. The molecule has 0 atom stereocenters. The Morgan fingerprint density at radius 1 is 1.14 bits per heavy atom. The molecule has 0 saturated heterocycles. The van der Waals surface area contributed by atoms with Crippen LogP contribution >= 0.6 is 11.8 Å². The standard InChI is InChI=1S/C23H28N4OS/c1-4-13-27(14-5-2)17-21-15-20(11-12-22(21)28-3)16-25-26-23(24)29-18-19-9-7-6-8-10-19/h4-12,15-16H,1-2,13-14,17-18H2,3H3,(H2,24,26). The first-order valence-corrected chi connectivity index (χ1v) is 10.3. The van der Waals surface area contributed by atoms with Gasteiger partial charge in [-0.25, -0.2) is 0 Å². The van der Waals surface area contributed by atoms with E-state index in [0.29, 0.717) is 5.17 Å². The highest BCUT2D eigenvalue weighted by molar-refractivity contribution is 8.13. The number of nitrogens with two attached hydrogens (primary N) is 1. The van der Waals surface area contributed by atoms with Gasteiger partial charge in [-0.3, -0.25) is 4.90 Å². The second kappa shape index (κ2) is 12.6. The second-order valence-corrected chi connectivity index (χ2v) is 7.30. The lowest BCUT2D eigenvalue weighted by Crippen LogP contribution is -2.23. The van der Waals surface area contributed by atoms with Crippen molar-refractivity contribution in [1.82, 2.24) is 4.90 Å². The first-order valence-electron chi connectivity index (χ1n) is 9.30. The van der Waals surface area contributed by atoms with Crippen LogP contribution in [0, 0.1) is 0 Å². The average molecular weight is 409 g/mol. The van der Waals surface area contributed by atoms with E-state index in [1.54, 1.807) is 13.3 Å². The first-order chi connectivity index (χ1) is 14.2. The van der Waals surface area contributed by atoms with Crippen LogP contribution in [0.1, 0.15) is 16.7 Å². The maximum Gasteiger partial charge on any atom is 0.180 e.